The maximum Gasteiger partial charge on any atom is 0.163 e. The fourth-order valence-electron chi connectivity index (χ4n) is 7.11. The van der Waals surface area contributed by atoms with Crippen molar-refractivity contribution in [2.24, 2.45) is 0 Å². The molecule has 0 saturated heterocycles. The van der Waals surface area contributed by atoms with Gasteiger partial charge in [-0.25, -0.2) is 9.97 Å². The van der Waals surface area contributed by atoms with Crippen LogP contribution >= 0.6 is 0 Å². The van der Waals surface area contributed by atoms with Crippen LogP contribution in [0.4, 0.5) is 0 Å². The van der Waals surface area contributed by atoms with Gasteiger partial charge in [-0.15, -0.1) is 0 Å². The molecule has 0 atom stereocenters. The minimum absolute atomic E-state index is 0.680. The summed E-state index contributed by atoms with van der Waals surface area (Å²) in [5.74, 6) is 1.49. The van der Waals surface area contributed by atoms with Crippen molar-refractivity contribution in [1.29, 1.82) is 0 Å². The highest BCUT2D eigenvalue weighted by Crippen LogP contribution is 2.39. The van der Waals surface area contributed by atoms with Gasteiger partial charge in [-0.2, -0.15) is 0 Å². The quantitative estimate of drug-likeness (QED) is 0.182. The number of fused-ring (bicyclic) bond motifs is 9. The number of pyridine rings is 1. The topological polar surface area (TPSA) is 68.9 Å². The van der Waals surface area contributed by atoms with Crippen LogP contribution in [-0.2, 0) is 0 Å². The van der Waals surface area contributed by atoms with Crippen LogP contribution < -0.4 is 0 Å². The Kier molecular flexibility index (Phi) is 6.08. The lowest BCUT2D eigenvalue weighted by Crippen LogP contribution is -2.03. The summed E-state index contributed by atoms with van der Waals surface area (Å²) in [6.07, 6.45) is 5.43. The largest absolute Gasteiger partial charge is 0.277 e. The Balaban J connectivity index is 1.24. The summed E-state index contributed by atoms with van der Waals surface area (Å²) in [7, 11) is 0. The second kappa shape index (κ2) is 10.9. The van der Waals surface area contributed by atoms with Crippen LogP contribution in [0.5, 0.6) is 0 Å². The number of nitrogens with zero attached hydrogens (tertiary/aromatic N) is 6. The molecule has 0 bridgehead atoms. The van der Waals surface area contributed by atoms with Crippen LogP contribution in [0.15, 0.2) is 158 Å². The van der Waals surface area contributed by atoms with Crippen molar-refractivity contribution in [2.45, 2.75) is 0 Å². The molecule has 0 aliphatic carbocycles. The van der Waals surface area contributed by atoms with E-state index in [-0.39, 0.29) is 0 Å². The lowest BCUT2D eigenvalue weighted by Gasteiger charge is -2.13. The fraction of sp³-hybridized carbons (Fsp3) is 0. The smallest absolute Gasteiger partial charge is 0.163 e. The van der Waals surface area contributed by atoms with E-state index >= 15 is 0 Å². The van der Waals surface area contributed by atoms with Crippen molar-refractivity contribution in [3.63, 3.8) is 0 Å². The minimum Gasteiger partial charge on any atom is -0.277 e. The van der Waals surface area contributed by atoms with Crippen LogP contribution in [-0.4, -0.2) is 29.3 Å². The molecule has 0 saturated carbocycles. The van der Waals surface area contributed by atoms with E-state index in [1.165, 1.54) is 0 Å². The van der Waals surface area contributed by atoms with E-state index in [0.29, 0.717) is 5.82 Å². The Morgan fingerprint density at radius 3 is 1.80 bits per heavy atom. The molecule has 49 heavy (non-hydrogen) atoms. The van der Waals surface area contributed by atoms with Gasteiger partial charge in [0.15, 0.2) is 5.82 Å². The zero-order chi connectivity index (χ0) is 32.3. The number of aromatic nitrogens is 6. The molecule has 0 amide bonds. The van der Waals surface area contributed by atoms with E-state index < -0.39 is 0 Å². The first-order chi connectivity index (χ1) is 24.3. The number of hydrogen-bond acceptors (Lipinski definition) is 5. The van der Waals surface area contributed by atoms with E-state index in [0.717, 1.165) is 88.5 Å². The van der Waals surface area contributed by atoms with Crippen LogP contribution in [0.25, 0.3) is 94.3 Å². The van der Waals surface area contributed by atoms with E-state index in [1.807, 2.05) is 36.5 Å². The van der Waals surface area contributed by atoms with Crippen LogP contribution in [0.3, 0.4) is 0 Å². The molecule has 0 N–H and O–H groups in total. The van der Waals surface area contributed by atoms with Gasteiger partial charge >= 0.3 is 0 Å². The molecule has 4 aromatic heterocycles. The first-order valence-corrected chi connectivity index (χ1v) is 16.3. The highest BCUT2D eigenvalue weighted by atomic mass is 15.1. The number of benzene rings is 6. The molecule has 228 valence electrons. The molecule has 10 rings (SSSR count). The average Bonchev–Trinajstić information content (AvgIpc) is 3.52. The lowest BCUT2D eigenvalue weighted by atomic mass is 9.98. The summed E-state index contributed by atoms with van der Waals surface area (Å²) in [6.45, 7) is 0. The van der Waals surface area contributed by atoms with Gasteiger partial charge in [-0.05, 0) is 28.5 Å². The van der Waals surface area contributed by atoms with Gasteiger partial charge in [0.2, 0.25) is 0 Å². The molecule has 0 aliphatic rings. The average molecular weight is 627 g/mol. The van der Waals surface area contributed by atoms with Crippen molar-refractivity contribution in [3.8, 4) is 45.3 Å². The van der Waals surface area contributed by atoms with Gasteiger partial charge in [0.05, 0.1) is 22.4 Å². The second-order valence-corrected chi connectivity index (χ2v) is 12.2. The van der Waals surface area contributed by atoms with E-state index in [9.17, 15) is 0 Å². The molecule has 0 radical (unpaired) electrons. The molecule has 6 heteroatoms. The minimum atomic E-state index is 0.680. The Hall–Kier alpha value is -6.79. The molecule has 6 nitrogen and oxygen atoms in total. The van der Waals surface area contributed by atoms with Gasteiger partial charge in [0.1, 0.15) is 11.5 Å². The predicted octanol–water partition coefficient (Wildman–Crippen LogP) is 10.2. The predicted molar refractivity (Wildman–Crippen MR) is 198 cm³/mol. The van der Waals surface area contributed by atoms with Crippen molar-refractivity contribution in [1.82, 2.24) is 29.3 Å². The zero-order valence-corrected chi connectivity index (χ0v) is 26.2. The van der Waals surface area contributed by atoms with Gasteiger partial charge in [-0.3, -0.25) is 19.4 Å². The van der Waals surface area contributed by atoms with Gasteiger partial charge in [0.25, 0.3) is 0 Å². The Labute approximate surface area is 281 Å². The summed E-state index contributed by atoms with van der Waals surface area (Å²) < 4.78 is 2.22. The van der Waals surface area contributed by atoms with Crippen molar-refractivity contribution in [3.05, 3.63) is 158 Å². The summed E-state index contributed by atoms with van der Waals surface area (Å²) >= 11 is 0. The number of rotatable bonds is 4. The third-order valence-electron chi connectivity index (χ3n) is 9.32. The summed E-state index contributed by atoms with van der Waals surface area (Å²) in [5.41, 5.74) is 8.58. The molecular formula is C43H26N6. The normalized spacial score (nSPS) is 11.7. The molecule has 0 unspecified atom stereocenters. The third-order valence-corrected chi connectivity index (χ3v) is 9.32. The first kappa shape index (κ1) is 27.3. The van der Waals surface area contributed by atoms with Crippen molar-refractivity contribution < 1.29 is 0 Å². The van der Waals surface area contributed by atoms with E-state index in [4.69, 9.17) is 19.9 Å². The Morgan fingerprint density at radius 1 is 0.408 bits per heavy atom. The first-order valence-electron chi connectivity index (χ1n) is 16.3. The van der Waals surface area contributed by atoms with Crippen LogP contribution in [0.1, 0.15) is 0 Å². The van der Waals surface area contributed by atoms with Crippen LogP contribution in [0.2, 0.25) is 0 Å². The third kappa shape index (κ3) is 4.31. The van der Waals surface area contributed by atoms with E-state index in [1.54, 1.807) is 12.4 Å². The SMILES string of the molecule is c1ccc(-c2nc(-c3cccc(-c4cc5c6ccccc6c6nccnc6c5cn4)c3)n3c(-c4ccccc4)c4ccccc4c3n2)cc1. The Bertz CT molecular complexity index is 2840. The monoisotopic (exact) mass is 626 g/mol. The zero-order valence-electron chi connectivity index (χ0n) is 26.2. The summed E-state index contributed by atoms with van der Waals surface area (Å²) in [4.78, 5) is 24.9. The highest BCUT2D eigenvalue weighted by Gasteiger charge is 2.21. The molecule has 0 fully saturated rings. The molecule has 0 aliphatic heterocycles. The van der Waals surface area contributed by atoms with E-state index in [2.05, 4.69) is 119 Å². The molecule has 4 heterocycles. The maximum atomic E-state index is 5.30. The molecule has 6 aromatic carbocycles. The lowest BCUT2D eigenvalue weighted by molar-refractivity contribution is 1.05. The van der Waals surface area contributed by atoms with Gasteiger partial charge < -0.3 is 0 Å². The summed E-state index contributed by atoms with van der Waals surface area (Å²) in [5, 5.41) is 6.49. The van der Waals surface area contributed by atoms with Crippen molar-refractivity contribution in [2.75, 3.05) is 0 Å². The van der Waals surface area contributed by atoms with Crippen molar-refractivity contribution >= 4 is 49.0 Å². The standard InChI is InChI=1S/C43H26N6/c1-3-12-27(13-4-1)40-33-20-9-10-21-34(33)43-48-41(28-14-5-2-6-15-28)47-42(49(40)43)30-17-11-16-29(24-30)37-25-35-31-18-7-8-19-32(31)38-39(36(35)26-46-37)45-23-22-44-38/h1-26H. The van der Waals surface area contributed by atoms with Gasteiger partial charge in [-0.1, -0.05) is 127 Å². The molecular weight excluding hydrogens is 601 g/mol. The maximum absolute atomic E-state index is 5.30. The highest BCUT2D eigenvalue weighted by molar-refractivity contribution is 6.23. The van der Waals surface area contributed by atoms with Gasteiger partial charge in [0, 0.05) is 56.8 Å². The molecule has 10 aromatic rings. The second-order valence-electron chi connectivity index (χ2n) is 12.2. The number of hydrogen-bond donors (Lipinski definition) is 0. The summed E-state index contributed by atoms with van der Waals surface area (Å²) in [6, 6.07) is 48.2. The molecule has 0 spiro atoms. The Morgan fingerprint density at radius 2 is 1.02 bits per heavy atom. The fourth-order valence-corrected chi connectivity index (χ4v) is 7.11. The van der Waals surface area contributed by atoms with Crippen LogP contribution in [0, 0.1) is 0 Å².